The topological polar surface area (TPSA) is 46.5 Å². The van der Waals surface area contributed by atoms with E-state index in [0.29, 0.717) is 0 Å². The molecule has 3 nitrogen and oxygen atoms in total. The maximum atomic E-state index is 9.94. The van der Waals surface area contributed by atoms with Gasteiger partial charge in [0.1, 0.15) is 0 Å². The number of aliphatic hydroxyl groups is 1. The van der Waals surface area contributed by atoms with Gasteiger partial charge in [-0.1, -0.05) is 0 Å². The van der Waals surface area contributed by atoms with Crippen molar-refractivity contribution in [3.63, 3.8) is 0 Å². The van der Waals surface area contributed by atoms with Gasteiger partial charge in [-0.2, -0.15) is 0 Å². The van der Waals surface area contributed by atoms with Crippen molar-refractivity contribution in [1.82, 2.24) is 0 Å². The molecule has 0 radical (unpaired) electrons. The molecule has 0 saturated carbocycles. The van der Waals surface area contributed by atoms with E-state index in [1.165, 1.54) is 7.11 Å². The van der Waals surface area contributed by atoms with E-state index in [1.54, 1.807) is 0 Å². The lowest BCUT2D eigenvalue weighted by Gasteiger charge is -1.90. The van der Waals surface area contributed by atoms with Crippen LogP contribution in [0.1, 0.15) is 0 Å². The Morgan fingerprint density at radius 3 is 2.29 bits per heavy atom. The molecule has 0 aliphatic rings. The van der Waals surface area contributed by atoms with Gasteiger partial charge >= 0.3 is 5.97 Å². The zero-order valence-electron chi connectivity index (χ0n) is 3.97. The molecule has 0 heterocycles. The van der Waals surface area contributed by atoms with E-state index in [4.69, 9.17) is 5.11 Å². The summed E-state index contributed by atoms with van der Waals surface area (Å²) < 4.78 is 4.02. The number of ether oxygens (including phenoxy) is 1. The van der Waals surface area contributed by atoms with Crippen molar-refractivity contribution in [1.29, 1.82) is 0 Å². The largest absolute Gasteiger partial charge is 0.502 e. The van der Waals surface area contributed by atoms with Gasteiger partial charge in [-0.3, -0.25) is 0 Å². The molecule has 0 saturated heterocycles. The predicted octanol–water partition coefficient (Wildman–Crippen LogP) is 0.231. The fourth-order valence-electron chi connectivity index (χ4n) is 0.118. The third-order valence-electron chi connectivity index (χ3n) is 0.421. The molecule has 0 aromatic carbocycles. The Hall–Kier alpha value is -0.990. The SMILES string of the molecule is C=C(O)[13C](=O)OC. The number of hydrogen-bond donors (Lipinski definition) is 1. The van der Waals surface area contributed by atoms with Gasteiger partial charge < -0.3 is 9.84 Å². The van der Waals surface area contributed by atoms with Gasteiger partial charge in [0.15, 0.2) is 5.76 Å². The highest BCUT2D eigenvalue weighted by Crippen LogP contribution is 1.82. The summed E-state index contributed by atoms with van der Waals surface area (Å²) >= 11 is 0. The van der Waals surface area contributed by atoms with Crippen molar-refractivity contribution in [2.24, 2.45) is 0 Å². The molecule has 0 spiro atoms. The maximum Gasteiger partial charge on any atom is 0.372 e. The standard InChI is InChI=1S/C4H6O3/c1-3(5)4(6)7-2/h5H,1H2,2H3/i4+1. The van der Waals surface area contributed by atoms with E-state index in [-0.39, 0.29) is 0 Å². The van der Waals surface area contributed by atoms with Crippen LogP contribution in [-0.2, 0) is 9.53 Å². The lowest BCUT2D eigenvalue weighted by atomic mass is 10.8. The summed E-state index contributed by atoms with van der Waals surface area (Å²) in [7, 11) is 1.17. The molecule has 40 valence electrons. The molecule has 3 heteroatoms. The molecular weight excluding hydrogens is 97.0 g/mol. The summed E-state index contributed by atoms with van der Waals surface area (Å²) in [6.45, 7) is 2.91. The number of carbonyl (C=O) groups excluding carboxylic acids is 1. The number of rotatable bonds is 1. The van der Waals surface area contributed by atoms with E-state index in [1.807, 2.05) is 0 Å². The highest BCUT2D eigenvalue weighted by atomic mass is 16.6. The second-order valence-electron chi connectivity index (χ2n) is 0.938. The Labute approximate surface area is 41.2 Å². The van der Waals surface area contributed by atoms with Gasteiger partial charge in [-0.15, -0.1) is 0 Å². The fraction of sp³-hybridized carbons (Fsp3) is 0.250. The third-order valence-corrected chi connectivity index (χ3v) is 0.421. The molecule has 1 N–H and O–H groups in total. The Balaban J connectivity index is 3.58. The minimum absolute atomic E-state index is 0.567. The smallest absolute Gasteiger partial charge is 0.372 e. The molecule has 0 rings (SSSR count). The molecule has 0 unspecified atom stereocenters. The van der Waals surface area contributed by atoms with Crippen LogP contribution in [0.15, 0.2) is 12.3 Å². The molecule has 0 bridgehead atoms. The summed E-state index contributed by atoms with van der Waals surface area (Å²) in [4.78, 5) is 9.94. The monoisotopic (exact) mass is 103 g/mol. The first-order valence-electron chi connectivity index (χ1n) is 1.64. The Kier molecular flexibility index (Phi) is 1.91. The average molecular weight is 103 g/mol. The van der Waals surface area contributed by atoms with Crippen LogP contribution in [0.2, 0.25) is 0 Å². The Morgan fingerprint density at radius 2 is 2.29 bits per heavy atom. The van der Waals surface area contributed by atoms with Crippen molar-refractivity contribution in [2.75, 3.05) is 7.11 Å². The van der Waals surface area contributed by atoms with Gasteiger partial charge in [0.05, 0.1) is 7.11 Å². The molecule has 7 heavy (non-hydrogen) atoms. The predicted molar refractivity (Wildman–Crippen MR) is 23.8 cm³/mol. The summed E-state index contributed by atoms with van der Waals surface area (Å²) in [6, 6.07) is 0. The van der Waals surface area contributed by atoms with E-state index in [2.05, 4.69) is 11.3 Å². The lowest BCUT2D eigenvalue weighted by Crippen LogP contribution is -2.01. The molecule has 0 aromatic heterocycles. The van der Waals surface area contributed by atoms with Gasteiger partial charge in [0, 0.05) is 0 Å². The van der Waals surface area contributed by atoms with Crippen molar-refractivity contribution < 1.29 is 14.6 Å². The van der Waals surface area contributed by atoms with Crippen LogP contribution in [0.25, 0.3) is 0 Å². The van der Waals surface area contributed by atoms with Gasteiger partial charge in [0.25, 0.3) is 0 Å². The lowest BCUT2D eigenvalue weighted by molar-refractivity contribution is -0.138. The van der Waals surface area contributed by atoms with E-state index >= 15 is 0 Å². The Bertz CT molecular complexity index is 95.1. The van der Waals surface area contributed by atoms with Crippen LogP contribution >= 0.6 is 0 Å². The second kappa shape index (κ2) is 2.23. The van der Waals surface area contributed by atoms with Gasteiger partial charge in [-0.25, -0.2) is 4.79 Å². The normalized spacial score (nSPS) is 7.57. The van der Waals surface area contributed by atoms with Crippen LogP contribution in [0.4, 0.5) is 0 Å². The van der Waals surface area contributed by atoms with Crippen molar-refractivity contribution in [2.45, 2.75) is 0 Å². The number of methoxy groups -OCH3 is 1. The maximum absolute atomic E-state index is 9.94. The summed E-state index contributed by atoms with van der Waals surface area (Å²) in [5.74, 6) is -1.36. The first-order valence-corrected chi connectivity index (χ1v) is 1.64. The zero-order chi connectivity index (χ0) is 5.86. The summed E-state index contributed by atoms with van der Waals surface area (Å²) in [5.41, 5.74) is 0. The molecule has 0 aromatic rings. The minimum atomic E-state index is -0.792. The summed E-state index contributed by atoms with van der Waals surface area (Å²) in [6.07, 6.45) is 0. The highest BCUT2D eigenvalue weighted by molar-refractivity contribution is 5.84. The molecule has 0 aliphatic carbocycles. The van der Waals surface area contributed by atoms with E-state index in [0.717, 1.165) is 0 Å². The van der Waals surface area contributed by atoms with Crippen molar-refractivity contribution >= 4 is 5.97 Å². The van der Waals surface area contributed by atoms with Crippen molar-refractivity contribution in [3.8, 4) is 0 Å². The van der Waals surface area contributed by atoms with Crippen LogP contribution in [-0.4, -0.2) is 18.2 Å². The molecule has 0 aliphatic heterocycles. The third kappa shape index (κ3) is 1.81. The molecule has 0 fully saturated rings. The van der Waals surface area contributed by atoms with Crippen molar-refractivity contribution in [3.05, 3.63) is 12.3 Å². The fourth-order valence-corrected chi connectivity index (χ4v) is 0.118. The first-order chi connectivity index (χ1) is 3.18. The van der Waals surface area contributed by atoms with E-state index < -0.39 is 11.7 Å². The van der Waals surface area contributed by atoms with Crippen LogP contribution in [0.3, 0.4) is 0 Å². The second-order valence-corrected chi connectivity index (χ2v) is 0.938. The average Bonchev–Trinajstić information content (AvgIpc) is 1.65. The van der Waals surface area contributed by atoms with E-state index in [9.17, 15) is 4.79 Å². The number of esters is 1. The minimum Gasteiger partial charge on any atom is -0.502 e. The quantitative estimate of drug-likeness (QED) is 0.223. The molecule has 0 amide bonds. The molecular formula is C4H6O3. The first kappa shape index (κ1) is 6.01. The van der Waals surface area contributed by atoms with Crippen LogP contribution in [0.5, 0.6) is 0 Å². The Morgan fingerprint density at radius 1 is 1.86 bits per heavy atom. The highest BCUT2D eigenvalue weighted by Gasteiger charge is 1.99. The number of carbonyl (C=O) groups is 1. The van der Waals surface area contributed by atoms with Crippen LogP contribution in [0, 0.1) is 0 Å². The summed E-state index contributed by atoms with van der Waals surface area (Å²) in [5, 5.41) is 8.15. The van der Waals surface area contributed by atoms with Crippen LogP contribution < -0.4 is 0 Å². The number of aliphatic hydroxyl groups excluding tert-OH is 1. The number of hydrogen-bond acceptors (Lipinski definition) is 3. The van der Waals surface area contributed by atoms with Gasteiger partial charge in [0.2, 0.25) is 0 Å². The molecule has 0 atom stereocenters. The zero-order valence-corrected chi connectivity index (χ0v) is 3.97. The van der Waals surface area contributed by atoms with Gasteiger partial charge in [-0.05, 0) is 6.58 Å².